The molecular weight excluding hydrogens is 374 g/mol. The van der Waals surface area contributed by atoms with E-state index in [2.05, 4.69) is 5.32 Å². The third kappa shape index (κ3) is 7.45. The average molecular weight is 409 g/mol. The monoisotopic (exact) mass is 408 g/mol. The van der Waals surface area contributed by atoms with Gasteiger partial charge < -0.3 is 29.3 Å². The van der Waals surface area contributed by atoms with Crippen molar-refractivity contribution in [1.29, 1.82) is 0 Å². The molecule has 0 aromatic heterocycles. The van der Waals surface area contributed by atoms with E-state index in [9.17, 15) is 9.59 Å². The van der Waals surface area contributed by atoms with E-state index in [1.807, 2.05) is 43.9 Å². The number of alkyl carbamates (subject to hydrolysis) is 1. The molecule has 1 saturated heterocycles. The molecule has 29 heavy (non-hydrogen) atoms. The predicted octanol–water partition coefficient (Wildman–Crippen LogP) is 0.846. The lowest BCUT2D eigenvalue weighted by Gasteiger charge is -2.32. The Labute approximate surface area is 173 Å². The van der Waals surface area contributed by atoms with E-state index in [1.54, 1.807) is 14.2 Å². The number of hydrogen-bond acceptors (Lipinski definition) is 5. The summed E-state index contributed by atoms with van der Waals surface area (Å²) in [5.74, 6) is 1.52. The first kappa shape index (κ1) is 22.8. The number of nitrogens with one attached hydrogen (secondary N) is 2. The van der Waals surface area contributed by atoms with Crippen molar-refractivity contribution >= 4 is 12.0 Å². The number of hydrogen-bond donors (Lipinski definition) is 2. The number of methoxy groups -OCH3 is 2. The van der Waals surface area contributed by atoms with Gasteiger partial charge in [0.15, 0.2) is 11.5 Å². The van der Waals surface area contributed by atoms with Gasteiger partial charge in [-0.1, -0.05) is 0 Å². The molecule has 162 valence electrons. The molecule has 8 heteroatoms. The maximum atomic E-state index is 12.4. The van der Waals surface area contributed by atoms with Crippen molar-refractivity contribution in [2.45, 2.75) is 39.3 Å². The summed E-state index contributed by atoms with van der Waals surface area (Å²) in [5, 5.41) is 2.63. The zero-order chi connectivity index (χ0) is 21.4. The van der Waals surface area contributed by atoms with Crippen LogP contribution in [0.1, 0.15) is 32.8 Å². The predicted molar refractivity (Wildman–Crippen MR) is 109 cm³/mol. The van der Waals surface area contributed by atoms with Crippen molar-refractivity contribution in [3.63, 3.8) is 0 Å². The van der Waals surface area contributed by atoms with Crippen LogP contribution in [0.5, 0.6) is 11.5 Å². The topological polar surface area (TPSA) is 81.5 Å². The second-order valence-corrected chi connectivity index (χ2v) is 8.18. The Bertz CT molecular complexity index is 694. The minimum absolute atomic E-state index is 0.0613. The van der Waals surface area contributed by atoms with Gasteiger partial charge in [0.05, 0.1) is 40.4 Å². The highest BCUT2D eigenvalue weighted by Crippen LogP contribution is 2.27. The number of nitrogens with zero attached hydrogens (tertiary/aromatic N) is 1. The van der Waals surface area contributed by atoms with Gasteiger partial charge in [-0.05, 0) is 39.0 Å². The van der Waals surface area contributed by atoms with Crippen molar-refractivity contribution in [2.24, 2.45) is 0 Å². The second kappa shape index (κ2) is 10.3. The summed E-state index contributed by atoms with van der Waals surface area (Å²) in [6.07, 6.45) is -0.209. The van der Waals surface area contributed by atoms with Crippen molar-refractivity contribution in [2.75, 3.05) is 46.9 Å². The lowest BCUT2D eigenvalue weighted by molar-refractivity contribution is -0.917. The Morgan fingerprint density at radius 1 is 1.10 bits per heavy atom. The summed E-state index contributed by atoms with van der Waals surface area (Å²) in [6, 6.07) is 5.98. The van der Waals surface area contributed by atoms with Crippen LogP contribution in [0.25, 0.3) is 0 Å². The molecule has 2 rings (SSSR count). The number of quaternary nitrogens is 1. The number of rotatable bonds is 7. The van der Waals surface area contributed by atoms with E-state index < -0.39 is 11.7 Å². The number of carbonyl (C=O) groups is 2. The van der Waals surface area contributed by atoms with Crippen LogP contribution in [-0.2, 0) is 16.1 Å². The van der Waals surface area contributed by atoms with Crippen LogP contribution in [0, 0.1) is 0 Å². The van der Waals surface area contributed by atoms with Gasteiger partial charge in [0.1, 0.15) is 12.1 Å². The van der Waals surface area contributed by atoms with Crippen LogP contribution < -0.4 is 19.7 Å². The minimum Gasteiger partial charge on any atom is -0.493 e. The van der Waals surface area contributed by atoms with Crippen LogP contribution in [0.3, 0.4) is 0 Å². The van der Waals surface area contributed by atoms with Crippen LogP contribution in [0.4, 0.5) is 4.79 Å². The average Bonchev–Trinajstić information content (AvgIpc) is 2.67. The molecule has 0 spiro atoms. The zero-order valence-electron chi connectivity index (χ0n) is 18.2. The standard InChI is InChI=1S/C21H33N3O5/c1-21(2,3)29-20(26)22-9-8-19(25)24-12-10-23(11-13-24)15-16-6-7-17(27-4)18(14-16)28-5/h6-7,14H,8-13,15H2,1-5H3,(H,22,26)/p+1. The Kier molecular flexibility index (Phi) is 8.13. The lowest BCUT2D eigenvalue weighted by Crippen LogP contribution is -3.13. The van der Waals surface area contributed by atoms with Crippen LogP contribution in [0.15, 0.2) is 18.2 Å². The van der Waals surface area contributed by atoms with Gasteiger partial charge in [-0.3, -0.25) is 4.79 Å². The number of benzene rings is 1. The fourth-order valence-corrected chi connectivity index (χ4v) is 3.27. The van der Waals surface area contributed by atoms with Gasteiger partial charge in [0, 0.05) is 18.5 Å². The van der Waals surface area contributed by atoms with Gasteiger partial charge in [0.25, 0.3) is 0 Å². The van der Waals surface area contributed by atoms with E-state index >= 15 is 0 Å². The van der Waals surface area contributed by atoms with Crippen LogP contribution in [-0.4, -0.2) is 69.4 Å². The highest BCUT2D eigenvalue weighted by Gasteiger charge is 2.24. The van der Waals surface area contributed by atoms with Gasteiger partial charge in [-0.15, -0.1) is 0 Å². The van der Waals surface area contributed by atoms with Crippen molar-refractivity contribution < 1.29 is 28.7 Å². The van der Waals surface area contributed by atoms with Gasteiger partial charge in [-0.2, -0.15) is 0 Å². The fraction of sp³-hybridized carbons (Fsp3) is 0.619. The molecule has 2 N–H and O–H groups in total. The van der Waals surface area contributed by atoms with Crippen LogP contribution in [0.2, 0.25) is 0 Å². The molecule has 0 aliphatic carbocycles. The first-order valence-corrected chi connectivity index (χ1v) is 10.0. The molecule has 1 heterocycles. The number of amides is 2. The SMILES string of the molecule is COc1ccc(C[NH+]2CCN(C(=O)CCNC(=O)OC(C)(C)C)CC2)cc1OC. The summed E-state index contributed by atoms with van der Waals surface area (Å²) < 4.78 is 15.8. The van der Waals surface area contributed by atoms with E-state index in [4.69, 9.17) is 14.2 Å². The first-order chi connectivity index (χ1) is 13.7. The van der Waals surface area contributed by atoms with Gasteiger partial charge in [0.2, 0.25) is 5.91 Å². The lowest BCUT2D eigenvalue weighted by atomic mass is 10.1. The number of ether oxygens (including phenoxy) is 3. The van der Waals surface area contributed by atoms with Gasteiger partial charge >= 0.3 is 6.09 Å². The van der Waals surface area contributed by atoms with E-state index in [-0.39, 0.29) is 18.9 Å². The smallest absolute Gasteiger partial charge is 0.407 e. The molecule has 0 unspecified atom stereocenters. The van der Waals surface area contributed by atoms with E-state index in [0.717, 1.165) is 31.1 Å². The molecule has 2 amide bonds. The highest BCUT2D eigenvalue weighted by atomic mass is 16.6. The largest absolute Gasteiger partial charge is 0.493 e. The normalized spacial score (nSPS) is 15.0. The molecule has 1 aromatic rings. The van der Waals surface area contributed by atoms with E-state index in [1.165, 1.54) is 10.5 Å². The molecule has 1 fully saturated rings. The fourth-order valence-electron chi connectivity index (χ4n) is 3.27. The second-order valence-electron chi connectivity index (χ2n) is 8.18. The third-order valence-corrected chi connectivity index (χ3v) is 4.73. The van der Waals surface area contributed by atoms with E-state index in [0.29, 0.717) is 13.1 Å². The Morgan fingerprint density at radius 2 is 1.76 bits per heavy atom. The number of carbonyl (C=O) groups excluding carboxylic acids is 2. The first-order valence-electron chi connectivity index (χ1n) is 10.0. The van der Waals surface area contributed by atoms with Crippen molar-refractivity contribution in [3.8, 4) is 11.5 Å². The Morgan fingerprint density at radius 3 is 2.34 bits per heavy atom. The Balaban J connectivity index is 1.73. The molecule has 0 bridgehead atoms. The summed E-state index contributed by atoms with van der Waals surface area (Å²) in [5.41, 5.74) is 0.639. The summed E-state index contributed by atoms with van der Waals surface area (Å²) in [7, 11) is 3.26. The summed E-state index contributed by atoms with van der Waals surface area (Å²) in [4.78, 5) is 27.3. The highest BCUT2D eigenvalue weighted by molar-refractivity contribution is 5.77. The van der Waals surface area contributed by atoms with Crippen molar-refractivity contribution in [1.82, 2.24) is 10.2 Å². The molecule has 1 aliphatic rings. The van der Waals surface area contributed by atoms with Crippen LogP contribution >= 0.6 is 0 Å². The maximum absolute atomic E-state index is 12.4. The molecule has 1 aromatic carbocycles. The minimum atomic E-state index is -0.541. The summed E-state index contributed by atoms with van der Waals surface area (Å²) >= 11 is 0. The molecule has 0 radical (unpaired) electrons. The molecular formula is C21H34N3O5+. The quantitative estimate of drug-likeness (QED) is 0.699. The third-order valence-electron chi connectivity index (χ3n) is 4.73. The summed E-state index contributed by atoms with van der Waals surface area (Å²) in [6.45, 7) is 9.79. The molecule has 1 aliphatic heterocycles. The maximum Gasteiger partial charge on any atom is 0.407 e. The number of piperazine rings is 1. The zero-order valence-corrected chi connectivity index (χ0v) is 18.2. The molecule has 8 nitrogen and oxygen atoms in total. The van der Waals surface area contributed by atoms with Crippen molar-refractivity contribution in [3.05, 3.63) is 23.8 Å². The molecule has 0 saturated carbocycles. The van der Waals surface area contributed by atoms with Gasteiger partial charge in [-0.25, -0.2) is 4.79 Å². The Hall–Kier alpha value is -2.48. The molecule has 0 atom stereocenters.